The van der Waals surface area contributed by atoms with E-state index in [4.69, 9.17) is 4.42 Å². The first-order valence-corrected chi connectivity index (χ1v) is 5.95. The Hall–Kier alpha value is -3.02. The SMILES string of the molecule is C=CC1CC(C#N)(C#N)C(c2ccco2)C1(C#N)C#N. The van der Waals surface area contributed by atoms with E-state index in [1.165, 1.54) is 12.3 Å². The van der Waals surface area contributed by atoms with E-state index in [0.717, 1.165) is 0 Å². The third-order valence-electron chi connectivity index (χ3n) is 3.96. The second-order valence-corrected chi connectivity index (χ2v) is 4.78. The number of allylic oxidation sites excluding steroid dienone is 1. The van der Waals surface area contributed by atoms with E-state index in [-0.39, 0.29) is 6.42 Å². The number of hydrogen-bond acceptors (Lipinski definition) is 5. The van der Waals surface area contributed by atoms with Crippen LogP contribution in [0.2, 0.25) is 0 Å². The molecule has 1 fully saturated rings. The lowest BCUT2D eigenvalue weighted by Gasteiger charge is -2.26. The van der Waals surface area contributed by atoms with E-state index >= 15 is 0 Å². The van der Waals surface area contributed by atoms with Crippen molar-refractivity contribution in [2.24, 2.45) is 16.7 Å². The van der Waals surface area contributed by atoms with E-state index in [1.807, 2.05) is 24.3 Å². The lowest BCUT2D eigenvalue weighted by molar-refractivity contribution is 0.313. The normalized spacial score (nSPS) is 25.6. The molecule has 0 saturated heterocycles. The predicted octanol–water partition coefficient (Wildman–Crippen LogP) is 2.64. The molecule has 0 amide bonds. The third kappa shape index (κ3) is 1.45. The molecule has 1 aromatic rings. The van der Waals surface area contributed by atoms with Crippen LogP contribution in [0.15, 0.2) is 35.5 Å². The van der Waals surface area contributed by atoms with Gasteiger partial charge < -0.3 is 4.42 Å². The maximum atomic E-state index is 9.53. The van der Waals surface area contributed by atoms with Crippen LogP contribution in [0.1, 0.15) is 18.1 Å². The van der Waals surface area contributed by atoms with Gasteiger partial charge in [0.25, 0.3) is 0 Å². The molecule has 1 aliphatic rings. The fourth-order valence-corrected chi connectivity index (χ4v) is 2.99. The van der Waals surface area contributed by atoms with E-state index in [9.17, 15) is 21.0 Å². The van der Waals surface area contributed by atoms with Crippen molar-refractivity contribution in [2.45, 2.75) is 12.3 Å². The molecule has 1 aromatic heterocycles. The molecule has 5 nitrogen and oxygen atoms in total. The Morgan fingerprint density at radius 1 is 1.20 bits per heavy atom. The number of furan rings is 1. The van der Waals surface area contributed by atoms with Crippen molar-refractivity contribution in [1.29, 1.82) is 21.0 Å². The molecule has 20 heavy (non-hydrogen) atoms. The summed E-state index contributed by atoms with van der Waals surface area (Å²) in [7, 11) is 0. The highest BCUT2D eigenvalue weighted by atomic mass is 16.3. The molecular weight excluding hydrogens is 252 g/mol. The molecule has 1 aliphatic carbocycles. The van der Waals surface area contributed by atoms with Gasteiger partial charge in [-0.1, -0.05) is 6.08 Å². The standard InChI is InChI=1S/C15H10N4O/c1-2-11-6-14(7-16,8-17)13(12-4-3-5-20-12)15(11,9-18)10-19/h2-5,11,13H,1,6H2. The van der Waals surface area contributed by atoms with E-state index in [1.54, 1.807) is 12.1 Å². The lowest BCUT2D eigenvalue weighted by atomic mass is 9.68. The highest BCUT2D eigenvalue weighted by molar-refractivity contribution is 5.42. The van der Waals surface area contributed by atoms with Gasteiger partial charge in [0.1, 0.15) is 5.76 Å². The number of hydrogen-bond donors (Lipinski definition) is 0. The predicted molar refractivity (Wildman–Crippen MR) is 67.1 cm³/mol. The minimum absolute atomic E-state index is 0.0932. The molecule has 5 heteroatoms. The zero-order valence-corrected chi connectivity index (χ0v) is 10.6. The van der Waals surface area contributed by atoms with Gasteiger partial charge in [0.05, 0.1) is 36.5 Å². The average Bonchev–Trinajstić information content (AvgIpc) is 3.10. The summed E-state index contributed by atoms with van der Waals surface area (Å²) in [6.07, 6.45) is 2.96. The van der Waals surface area contributed by atoms with Crippen molar-refractivity contribution in [3.63, 3.8) is 0 Å². The van der Waals surface area contributed by atoms with Gasteiger partial charge in [0, 0.05) is 5.92 Å². The average molecular weight is 262 g/mol. The van der Waals surface area contributed by atoms with Crippen molar-refractivity contribution < 1.29 is 4.42 Å². The Labute approximate surface area is 116 Å². The van der Waals surface area contributed by atoms with Gasteiger partial charge >= 0.3 is 0 Å². The molecule has 0 spiro atoms. The molecule has 2 atom stereocenters. The Morgan fingerprint density at radius 2 is 1.85 bits per heavy atom. The zero-order valence-electron chi connectivity index (χ0n) is 10.6. The molecule has 1 heterocycles. The first-order chi connectivity index (χ1) is 9.64. The summed E-state index contributed by atoms with van der Waals surface area (Å²) in [5.41, 5.74) is -2.99. The van der Waals surface area contributed by atoms with Crippen LogP contribution in [-0.4, -0.2) is 0 Å². The first-order valence-electron chi connectivity index (χ1n) is 5.95. The van der Waals surface area contributed by atoms with E-state index in [2.05, 4.69) is 6.58 Å². The Kier molecular flexibility index (Phi) is 3.07. The van der Waals surface area contributed by atoms with Crippen molar-refractivity contribution in [3.05, 3.63) is 36.8 Å². The minimum Gasteiger partial charge on any atom is -0.469 e. The maximum absolute atomic E-state index is 9.53. The highest BCUT2D eigenvalue weighted by Gasteiger charge is 2.65. The van der Waals surface area contributed by atoms with E-state index in [0.29, 0.717) is 5.76 Å². The summed E-state index contributed by atoms with van der Waals surface area (Å²) >= 11 is 0. The van der Waals surface area contributed by atoms with Crippen LogP contribution in [0.4, 0.5) is 0 Å². The summed E-state index contributed by atoms with van der Waals surface area (Å²) in [5, 5.41) is 38.0. The molecule has 2 rings (SSSR count). The molecule has 0 bridgehead atoms. The van der Waals surface area contributed by atoms with E-state index < -0.39 is 22.7 Å². The van der Waals surface area contributed by atoms with Gasteiger partial charge in [-0.25, -0.2) is 0 Å². The zero-order chi connectivity index (χ0) is 14.8. The fraction of sp³-hybridized carbons (Fsp3) is 0.333. The fourth-order valence-electron chi connectivity index (χ4n) is 2.99. The molecule has 2 unspecified atom stereocenters. The second kappa shape index (κ2) is 4.58. The summed E-state index contributed by atoms with van der Waals surface area (Å²) in [6.45, 7) is 3.63. The summed E-state index contributed by atoms with van der Waals surface area (Å²) in [6, 6.07) is 11.1. The van der Waals surface area contributed by atoms with Crippen molar-refractivity contribution in [3.8, 4) is 24.3 Å². The number of rotatable bonds is 2. The molecule has 0 N–H and O–H groups in total. The van der Waals surface area contributed by atoms with Crippen molar-refractivity contribution >= 4 is 0 Å². The number of nitrogens with zero attached hydrogens (tertiary/aromatic N) is 4. The molecular formula is C15H10N4O. The molecule has 0 radical (unpaired) electrons. The van der Waals surface area contributed by atoms with Crippen LogP contribution in [0, 0.1) is 62.1 Å². The minimum atomic E-state index is -1.52. The van der Waals surface area contributed by atoms with Gasteiger partial charge in [-0.15, -0.1) is 6.58 Å². The lowest BCUT2D eigenvalue weighted by Crippen LogP contribution is -2.31. The van der Waals surface area contributed by atoms with Gasteiger partial charge in [-0.3, -0.25) is 0 Å². The highest BCUT2D eigenvalue weighted by Crippen LogP contribution is 2.62. The largest absolute Gasteiger partial charge is 0.469 e. The third-order valence-corrected chi connectivity index (χ3v) is 3.96. The van der Waals surface area contributed by atoms with Crippen LogP contribution >= 0.6 is 0 Å². The maximum Gasteiger partial charge on any atom is 0.162 e. The summed E-state index contributed by atoms with van der Waals surface area (Å²) in [4.78, 5) is 0. The van der Waals surface area contributed by atoms with Crippen LogP contribution in [0.5, 0.6) is 0 Å². The Morgan fingerprint density at radius 3 is 2.25 bits per heavy atom. The smallest absolute Gasteiger partial charge is 0.162 e. The van der Waals surface area contributed by atoms with Crippen LogP contribution in [0.25, 0.3) is 0 Å². The Bertz CT molecular complexity index is 662. The Balaban J connectivity index is 2.77. The van der Waals surface area contributed by atoms with Gasteiger partial charge in [0.15, 0.2) is 10.8 Å². The van der Waals surface area contributed by atoms with Gasteiger partial charge in [-0.05, 0) is 18.6 Å². The molecule has 0 aromatic carbocycles. The quantitative estimate of drug-likeness (QED) is 0.761. The number of nitriles is 4. The molecule has 0 aliphatic heterocycles. The molecule has 1 saturated carbocycles. The van der Waals surface area contributed by atoms with Crippen molar-refractivity contribution in [1.82, 2.24) is 0 Å². The van der Waals surface area contributed by atoms with Crippen LogP contribution in [0.3, 0.4) is 0 Å². The second-order valence-electron chi connectivity index (χ2n) is 4.78. The molecule has 96 valence electrons. The topological polar surface area (TPSA) is 108 Å². The first kappa shape index (κ1) is 13.4. The van der Waals surface area contributed by atoms with Crippen molar-refractivity contribution in [2.75, 3.05) is 0 Å². The summed E-state index contributed by atoms with van der Waals surface area (Å²) < 4.78 is 5.29. The van der Waals surface area contributed by atoms with Crippen LogP contribution in [-0.2, 0) is 0 Å². The monoisotopic (exact) mass is 262 g/mol. The summed E-state index contributed by atoms with van der Waals surface area (Å²) in [5.74, 6) is -1.18. The van der Waals surface area contributed by atoms with Crippen LogP contribution < -0.4 is 0 Å². The van der Waals surface area contributed by atoms with Gasteiger partial charge in [0.2, 0.25) is 0 Å². The van der Waals surface area contributed by atoms with Gasteiger partial charge in [-0.2, -0.15) is 21.0 Å².